The lowest BCUT2D eigenvalue weighted by atomic mass is 10.3. The minimum absolute atomic E-state index is 0.0473. The molecule has 0 aromatic rings. The first kappa shape index (κ1) is 27.4. The normalized spacial score (nSPS) is 8.36. The van der Waals surface area contributed by atoms with Crippen LogP contribution in [0.4, 0.5) is 0 Å². The van der Waals surface area contributed by atoms with Crippen molar-refractivity contribution >= 4 is 17.9 Å². The van der Waals surface area contributed by atoms with E-state index in [-0.39, 0.29) is 19.2 Å². The van der Waals surface area contributed by atoms with Gasteiger partial charge in [-0.2, -0.15) is 0 Å². The van der Waals surface area contributed by atoms with Gasteiger partial charge in [-0.25, -0.2) is 14.4 Å². The Morgan fingerprint density at radius 3 is 1.68 bits per heavy atom. The highest BCUT2D eigenvalue weighted by molar-refractivity contribution is 5.87. The molecule has 0 aromatic heterocycles. The number of ether oxygens (including phenoxy) is 3. The summed E-state index contributed by atoms with van der Waals surface area (Å²) in [5, 5.41) is 8.19. The number of carbonyl (C=O) groups is 3. The molecule has 0 saturated heterocycles. The number of esters is 3. The second-order valence-electron chi connectivity index (χ2n) is 4.64. The molecule has 0 heterocycles. The van der Waals surface area contributed by atoms with E-state index in [0.29, 0.717) is 17.8 Å². The van der Waals surface area contributed by atoms with Crippen LogP contribution in [0.25, 0.3) is 0 Å². The van der Waals surface area contributed by atoms with E-state index in [1.165, 1.54) is 7.11 Å². The first-order valence-corrected chi connectivity index (χ1v) is 7.64. The number of aliphatic hydroxyl groups is 1. The average molecular weight is 358 g/mol. The van der Waals surface area contributed by atoms with Crippen LogP contribution in [0.3, 0.4) is 0 Å². The fourth-order valence-electron chi connectivity index (χ4n) is 0.777. The summed E-state index contributed by atoms with van der Waals surface area (Å²) in [5.41, 5.74) is 0.819. The Bertz CT molecular complexity index is 439. The van der Waals surface area contributed by atoms with E-state index < -0.39 is 11.9 Å². The standard InChI is InChI=1S/C8H14O2.C6H10O3.C4H6O2/c1-4-5-6-10-8(9)7(2)3;1-5(2)6(8)9-4-3-7;1-3-4(5)6-2/h2,4-6H2,1,3H3;7H,1,3-4H2,2H3;3H,1H2,2H3. The topological polar surface area (TPSA) is 99.1 Å². The lowest BCUT2D eigenvalue weighted by molar-refractivity contribution is -0.140. The smallest absolute Gasteiger partial charge is 0.333 e. The van der Waals surface area contributed by atoms with Crippen LogP contribution in [-0.2, 0) is 28.6 Å². The van der Waals surface area contributed by atoms with Gasteiger partial charge in [-0.15, -0.1) is 0 Å². The molecule has 0 aliphatic rings. The zero-order valence-electron chi connectivity index (χ0n) is 15.6. The van der Waals surface area contributed by atoms with Crippen LogP contribution in [-0.4, -0.2) is 49.9 Å². The Balaban J connectivity index is -0.000000300. The zero-order chi connectivity index (χ0) is 20.3. The van der Waals surface area contributed by atoms with Gasteiger partial charge in [0.25, 0.3) is 0 Å². The van der Waals surface area contributed by atoms with E-state index in [0.717, 1.165) is 18.9 Å². The number of unbranched alkanes of at least 4 members (excludes halogenated alkanes) is 1. The summed E-state index contributed by atoms with van der Waals surface area (Å²) in [5.74, 6) is -1.13. The molecule has 25 heavy (non-hydrogen) atoms. The number of carbonyl (C=O) groups excluding carboxylic acids is 3. The van der Waals surface area contributed by atoms with Gasteiger partial charge in [-0.05, 0) is 20.3 Å². The highest BCUT2D eigenvalue weighted by Gasteiger charge is 2.00. The van der Waals surface area contributed by atoms with Gasteiger partial charge >= 0.3 is 17.9 Å². The predicted octanol–water partition coefficient (Wildman–Crippen LogP) is 2.35. The minimum atomic E-state index is -0.455. The molecule has 144 valence electrons. The van der Waals surface area contributed by atoms with Crippen LogP contribution >= 0.6 is 0 Å². The van der Waals surface area contributed by atoms with Crippen molar-refractivity contribution in [3.8, 4) is 0 Å². The molecule has 0 atom stereocenters. The molecule has 0 amide bonds. The van der Waals surface area contributed by atoms with Crippen molar-refractivity contribution in [3.63, 3.8) is 0 Å². The van der Waals surface area contributed by atoms with Gasteiger partial charge in [-0.3, -0.25) is 0 Å². The maximum atomic E-state index is 10.7. The summed E-state index contributed by atoms with van der Waals surface area (Å²) in [7, 11) is 1.31. The number of rotatable bonds is 8. The summed E-state index contributed by atoms with van der Waals surface area (Å²) >= 11 is 0. The number of hydrogen-bond donors (Lipinski definition) is 1. The van der Waals surface area contributed by atoms with Crippen molar-refractivity contribution in [1.82, 2.24) is 0 Å². The van der Waals surface area contributed by atoms with Crippen molar-refractivity contribution in [2.24, 2.45) is 0 Å². The fourth-order valence-corrected chi connectivity index (χ4v) is 0.777. The van der Waals surface area contributed by atoms with Gasteiger partial charge < -0.3 is 19.3 Å². The van der Waals surface area contributed by atoms with Crippen LogP contribution in [0.15, 0.2) is 37.0 Å². The molecule has 7 heteroatoms. The molecule has 0 radical (unpaired) electrons. The van der Waals surface area contributed by atoms with E-state index in [4.69, 9.17) is 9.84 Å². The van der Waals surface area contributed by atoms with Crippen LogP contribution in [0.2, 0.25) is 0 Å². The van der Waals surface area contributed by atoms with E-state index in [9.17, 15) is 14.4 Å². The third-order valence-corrected chi connectivity index (χ3v) is 2.12. The van der Waals surface area contributed by atoms with Crippen molar-refractivity contribution in [2.75, 3.05) is 26.9 Å². The Kier molecular flexibility index (Phi) is 21.6. The second kappa shape index (κ2) is 19.6. The van der Waals surface area contributed by atoms with Crippen molar-refractivity contribution < 1.29 is 33.7 Å². The molecule has 0 aromatic carbocycles. The first-order chi connectivity index (χ1) is 11.7. The van der Waals surface area contributed by atoms with Crippen molar-refractivity contribution in [2.45, 2.75) is 33.6 Å². The van der Waals surface area contributed by atoms with Crippen molar-refractivity contribution in [1.29, 1.82) is 0 Å². The van der Waals surface area contributed by atoms with Crippen LogP contribution < -0.4 is 0 Å². The molecule has 0 spiro atoms. The Hall–Kier alpha value is -2.41. The summed E-state index contributed by atoms with van der Waals surface area (Å²) in [6.45, 7) is 15.6. The summed E-state index contributed by atoms with van der Waals surface area (Å²) in [6.07, 6.45) is 3.09. The lowest BCUT2D eigenvalue weighted by Crippen LogP contribution is -2.08. The monoisotopic (exact) mass is 358 g/mol. The molecule has 0 aliphatic carbocycles. The summed E-state index contributed by atoms with van der Waals surface area (Å²) in [4.78, 5) is 31.0. The molecule has 0 rings (SSSR count). The number of hydrogen-bond acceptors (Lipinski definition) is 7. The van der Waals surface area contributed by atoms with Crippen LogP contribution in [0, 0.1) is 0 Å². The van der Waals surface area contributed by atoms with Gasteiger partial charge in [0.2, 0.25) is 0 Å². The lowest BCUT2D eigenvalue weighted by Gasteiger charge is -2.01. The molecule has 0 unspecified atom stereocenters. The van der Waals surface area contributed by atoms with Crippen LogP contribution in [0.5, 0.6) is 0 Å². The molecule has 0 bridgehead atoms. The van der Waals surface area contributed by atoms with E-state index in [2.05, 4.69) is 36.1 Å². The van der Waals surface area contributed by atoms with E-state index in [1.807, 2.05) is 0 Å². The molecule has 0 saturated carbocycles. The summed E-state index contributed by atoms with van der Waals surface area (Å²) in [6, 6.07) is 0. The summed E-state index contributed by atoms with van der Waals surface area (Å²) < 4.78 is 13.4. The van der Waals surface area contributed by atoms with E-state index in [1.54, 1.807) is 13.8 Å². The fraction of sp³-hybridized carbons (Fsp3) is 0.500. The average Bonchev–Trinajstić information content (AvgIpc) is 2.59. The van der Waals surface area contributed by atoms with E-state index >= 15 is 0 Å². The predicted molar refractivity (Wildman–Crippen MR) is 95.8 cm³/mol. The Labute approximate surface area is 150 Å². The highest BCUT2D eigenvalue weighted by Crippen LogP contribution is 1.94. The maximum Gasteiger partial charge on any atom is 0.333 e. The number of methoxy groups -OCH3 is 1. The van der Waals surface area contributed by atoms with Gasteiger partial charge in [0.1, 0.15) is 6.61 Å². The van der Waals surface area contributed by atoms with Crippen molar-refractivity contribution in [3.05, 3.63) is 37.0 Å². The molecular formula is C18H30O7. The maximum absolute atomic E-state index is 10.7. The SMILES string of the molecule is C=C(C)C(=O)OCCCC.C=C(C)C(=O)OCCO.C=CC(=O)OC. The molecule has 7 nitrogen and oxygen atoms in total. The van der Waals surface area contributed by atoms with Gasteiger partial charge in [0, 0.05) is 17.2 Å². The molecule has 0 fully saturated rings. The van der Waals surface area contributed by atoms with Gasteiger partial charge in [0.05, 0.1) is 20.3 Å². The van der Waals surface area contributed by atoms with Gasteiger partial charge in [0.15, 0.2) is 0 Å². The third kappa shape index (κ3) is 24.0. The Morgan fingerprint density at radius 1 is 1.00 bits per heavy atom. The quantitative estimate of drug-likeness (QED) is 0.308. The zero-order valence-corrected chi connectivity index (χ0v) is 15.6. The number of aliphatic hydroxyl groups excluding tert-OH is 1. The highest BCUT2D eigenvalue weighted by atomic mass is 16.5. The molecular weight excluding hydrogens is 328 g/mol. The second-order valence-corrected chi connectivity index (χ2v) is 4.64. The third-order valence-electron chi connectivity index (χ3n) is 2.12. The van der Waals surface area contributed by atoms with Gasteiger partial charge in [-0.1, -0.05) is 33.1 Å². The van der Waals surface area contributed by atoms with Crippen LogP contribution in [0.1, 0.15) is 33.6 Å². The molecule has 0 aliphatic heterocycles. The Morgan fingerprint density at radius 2 is 1.44 bits per heavy atom. The largest absolute Gasteiger partial charge is 0.466 e. The molecule has 1 N–H and O–H groups in total. The first-order valence-electron chi connectivity index (χ1n) is 7.64. The minimum Gasteiger partial charge on any atom is -0.466 e.